The summed E-state index contributed by atoms with van der Waals surface area (Å²) in [6.07, 6.45) is 5.08. The van der Waals surface area contributed by atoms with Gasteiger partial charge in [0, 0.05) is 37.1 Å². The average molecular weight is 370 g/mol. The minimum absolute atomic E-state index is 0.404. The van der Waals surface area contributed by atoms with Crippen LogP contribution in [0.1, 0.15) is 23.2 Å². The number of morpholine rings is 1. The van der Waals surface area contributed by atoms with Crippen LogP contribution in [0, 0.1) is 0 Å². The third-order valence-electron chi connectivity index (χ3n) is 5.19. The van der Waals surface area contributed by atoms with Crippen molar-refractivity contribution in [2.75, 3.05) is 44.3 Å². The summed E-state index contributed by atoms with van der Waals surface area (Å²) in [5, 5.41) is 8.01. The summed E-state index contributed by atoms with van der Waals surface area (Å²) in [7, 11) is 0. The van der Waals surface area contributed by atoms with E-state index < -0.39 is 0 Å². The Labute approximate surface area is 156 Å². The van der Waals surface area contributed by atoms with E-state index in [-0.39, 0.29) is 0 Å². The normalized spacial score (nSPS) is 21.7. The number of likely N-dealkylation sites (tertiary alicyclic amines) is 1. The number of rotatable bonds is 4. The molecule has 0 N–H and O–H groups in total. The Bertz CT molecular complexity index is 873. The number of ether oxygens (including phenoxy) is 1. The summed E-state index contributed by atoms with van der Waals surface area (Å²) in [4.78, 5) is 14.0. The van der Waals surface area contributed by atoms with E-state index in [1.807, 2.05) is 16.1 Å². The Morgan fingerprint density at radius 2 is 2.12 bits per heavy atom. The van der Waals surface area contributed by atoms with Crippen molar-refractivity contribution in [1.82, 2.24) is 24.5 Å². The number of thiazole rings is 1. The van der Waals surface area contributed by atoms with Gasteiger partial charge in [0.25, 0.3) is 0 Å². The molecule has 2 aliphatic rings. The largest absolute Gasteiger partial charge is 0.378 e. The van der Waals surface area contributed by atoms with E-state index in [9.17, 15) is 0 Å². The second-order valence-electron chi connectivity index (χ2n) is 6.91. The molecule has 0 bridgehead atoms. The van der Waals surface area contributed by atoms with Gasteiger partial charge in [-0.1, -0.05) is 0 Å². The number of fused-ring (bicyclic) bond motifs is 1. The van der Waals surface area contributed by atoms with Crippen molar-refractivity contribution in [3.63, 3.8) is 0 Å². The third kappa shape index (κ3) is 3.20. The first-order valence-corrected chi connectivity index (χ1v) is 10.0. The fourth-order valence-electron chi connectivity index (χ4n) is 3.78. The van der Waals surface area contributed by atoms with Crippen LogP contribution in [0.3, 0.4) is 0 Å². The molecule has 0 saturated carbocycles. The number of nitrogens with zero attached hydrogens (tertiary/aromatic N) is 6. The standard InChI is InChI=1S/C18H22N6OS/c1-2-16-20-18(14-3-5-22(11-14)13-17-19-4-10-26-17)21-24(16)12-15(1)23-6-8-25-9-7-23/h1-2,4,10,12,14H,3,5-9,11,13H2. The summed E-state index contributed by atoms with van der Waals surface area (Å²) in [5.41, 5.74) is 2.12. The highest BCUT2D eigenvalue weighted by atomic mass is 32.1. The molecule has 1 unspecified atom stereocenters. The van der Waals surface area contributed by atoms with Gasteiger partial charge < -0.3 is 9.64 Å². The van der Waals surface area contributed by atoms with Crippen molar-refractivity contribution in [2.45, 2.75) is 18.9 Å². The molecule has 26 heavy (non-hydrogen) atoms. The van der Waals surface area contributed by atoms with Crippen LogP contribution in [0.5, 0.6) is 0 Å². The van der Waals surface area contributed by atoms with Gasteiger partial charge in [-0.05, 0) is 25.1 Å². The van der Waals surface area contributed by atoms with Crippen LogP contribution in [0.15, 0.2) is 29.9 Å². The summed E-state index contributed by atoms with van der Waals surface area (Å²) >= 11 is 1.72. The van der Waals surface area contributed by atoms with Crippen LogP contribution in [0.25, 0.3) is 5.65 Å². The highest BCUT2D eigenvalue weighted by molar-refractivity contribution is 7.09. The molecule has 136 valence electrons. The first-order valence-electron chi connectivity index (χ1n) is 9.15. The Morgan fingerprint density at radius 3 is 2.96 bits per heavy atom. The van der Waals surface area contributed by atoms with Crippen LogP contribution in [-0.4, -0.2) is 63.9 Å². The number of hydrogen-bond acceptors (Lipinski definition) is 7. The van der Waals surface area contributed by atoms with E-state index in [1.165, 1.54) is 10.7 Å². The molecule has 0 radical (unpaired) electrons. The predicted octanol–water partition coefficient (Wildman–Crippen LogP) is 2.01. The van der Waals surface area contributed by atoms with Gasteiger partial charge in [-0.15, -0.1) is 11.3 Å². The van der Waals surface area contributed by atoms with E-state index in [0.29, 0.717) is 5.92 Å². The lowest BCUT2D eigenvalue weighted by molar-refractivity contribution is 0.122. The lowest BCUT2D eigenvalue weighted by atomic mass is 10.1. The monoisotopic (exact) mass is 370 g/mol. The highest BCUT2D eigenvalue weighted by Gasteiger charge is 2.27. The van der Waals surface area contributed by atoms with Gasteiger partial charge in [-0.25, -0.2) is 14.5 Å². The van der Waals surface area contributed by atoms with Gasteiger partial charge in [-0.3, -0.25) is 4.90 Å². The molecule has 5 heterocycles. The smallest absolute Gasteiger partial charge is 0.156 e. The zero-order valence-corrected chi connectivity index (χ0v) is 15.4. The molecule has 0 aromatic carbocycles. The first kappa shape index (κ1) is 16.2. The second kappa shape index (κ2) is 6.94. The second-order valence-corrected chi connectivity index (χ2v) is 7.89. The van der Waals surface area contributed by atoms with Crippen molar-refractivity contribution in [2.24, 2.45) is 0 Å². The molecule has 2 aliphatic heterocycles. The van der Waals surface area contributed by atoms with Crippen molar-refractivity contribution in [3.8, 4) is 0 Å². The molecule has 0 amide bonds. The Morgan fingerprint density at radius 1 is 1.19 bits per heavy atom. The fourth-order valence-corrected chi connectivity index (χ4v) is 4.44. The lowest BCUT2D eigenvalue weighted by Crippen LogP contribution is -2.36. The maximum Gasteiger partial charge on any atom is 0.156 e. The number of aromatic nitrogens is 4. The zero-order valence-electron chi connectivity index (χ0n) is 14.6. The van der Waals surface area contributed by atoms with Crippen LogP contribution < -0.4 is 4.90 Å². The minimum atomic E-state index is 0.404. The van der Waals surface area contributed by atoms with Crippen molar-refractivity contribution >= 4 is 22.7 Å². The quantitative estimate of drug-likeness (QED) is 0.700. The van der Waals surface area contributed by atoms with E-state index in [0.717, 1.165) is 63.8 Å². The zero-order chi connectivity index (χ0) is 17.3. The molecular formula is C18H22N6OS. The summed E-state index contributed by atoms with van der Waals surface area (Å²) in [6.45, 7) is 6.46. The Balaban J connectivity index is 1.31. The maximum absolute atomic E-state index is 5.44. The molecule has 2 fully saturated rings. The predicted molar refractivity (Wildman–Crippen MR) is 101 cm³/mol. The van der Waals surface area contributed by atoms with Gasteiger partial charge in [0.1, 0.15) is 5.01 Å². The average Bonchev–Trinajstić information content (AvgIpc) is 3.42. The summed E-state index contributed by atoms with van der Waals surface area (Å²) in [6, 6.07) is 4.21. The van der Waals surface area contributed by atoms with Gasteiger partial charge >= 0.3 is 0 Å². The van der Waals surface area contributed by atoms with Gasteiger partial charge in [0.15, 0.2) is 11.5 Å². The summed E-state index contributed by atoms with van der Waals surface area (Å²) in [5.74, 6) is 1.37. The molecule has 3 aromatic heterocycles. The van der Waals surface area contributed by atoms with E-state index in [1.54, 1.807) is 11.3 Å². The molecule has 0 spiro atoms. The SMILES string of the molecule is c1csc(CN2CCC(c3nc4ccc(N5CCOCC5)cn4n3)C2)n1. The van der Waals surface area contributed by atoms with E-state index in [4.69, 9.17) is 14.8 Å². The van der Waals surface area contributed by atoms with Crippen molar-refractivity contribution in [3.05, 3.63) is 40.7 Å². The fraction of sp³-hybridized carbons (Fsp3) is 0.500. The van der Waals surface area contributed by atoms with Crippen LogP contribution in [-0.2, 0) is 11.3 Å². The highest BCUT2D eigenvalue weighted by Crippen LogP contribution is 2.27. The van der Waals surface area contributed by atoms with Gasteiger partial charge in [-0.2, -0.15) is 5.10 Å². The van der Waals surface area contributed by atoms with Crippen LogP contribution in [0.2, 0.25) is 0 Å². The number of hydrogen-bond donors (Lipinski definition) is 0. The lowest BCUT2D eigenvalue weighted by Gasteiger charge is -2.28. The topological polar surface area (TPSA) is 58.8 Å². The third-order valence-corrected chi connectivity index (χ3v) is 5.95. The Hall–Kier alpha value is -2.03. The van der Waals surface area contributed by atoms with Crippen molar-refractivity contribution < 1.29 is 4.74 Å². The molecule has 7 nitrogen and oxygen atoms in total. The van der Waals surface area contributed by atoms with Gasteiger partial charge in [0.2, 0.25) is 0 Å². The summed E-state index contributed by atoms with van der Waals surface area (Å²) < 4.78 is 7.38. The first-order chi connectivity index (χ1) is 12.8. The molecule has 8 heteroatoms. The number of anilines is 1. The van der Waals surface area contributed by atoms with E-state index >= 15 is 0 Å². The van der Waals surface area contributed by atoms with Crippen LogP contribution >= 0.6 is 11.3 Å². The molecule has 3 aromatic rings. The molecule has 1 atom stereocenters. The number of pyridine rings is 1. The Kier molecular flexibility index (Phi) is 4.32. The molecule has 5 rings (SSSR count). The molecule has 0 aliphatic carbocycles. The van der Waals surface area contributed by atoms with Crippen molar-refractivity contribution in [1.29, 1.82) is 0 Å². The van der Waals surface area contributed by atoms with Gasteiger partial charge in [0.05, 0.1) is 31.6 Å². The van der Waals surface area contributed by atoms with E-state index in [2.05, 4.69) is 33.1 Å². The maximum atomic E-state index is 5.44. The van der Waals surface area contributed by atoms with Crippen LogP contribution in [0.4, 0.5) is 5.69 Å². The minimum Gasteiger partial charge on any atom is -0.378 e. The molecule has 2 saturated heterocycles. The molecular weight excluding hydrogens is 348 g/mol.